The van der Waals surface area contributed by atoms with Crippen LogP contribution in [0.3, 0.4) is 0 Å². The summed E-state index contributed by atoms with van der Waals surface area (Å²) in [6, 6.07) is 10.5. The molecule has 0 bridgehead atoms. The van der Waals surface area contributed by atoms with Gasteiger partial charge in [-0.3, -0.25) is 4.79 Å². The van der Waals surface area contributed by atoms with Crippen molar-refractivity contribution in [1.82, 2.24) is 9.55 Å². The first-order valence-electron chi connectivity index (χ1n) is 8.45. The largest absolute Gasteiger partial charge is 0.496 e. The van der Waals surface area contributed by atoms with Gasteiger partial charge in [-0.05, 0) is 50.2 Å². The third-order valence-corrected chi connectivity index (χ3v) is 4.76. The predicted octanol–water partition coefficient (Wildman–Crippen LogP) is 3.85. The molecule has 0 radical (unpaired) electrons. The van der Waals surface area contributed by atoms with Crippen molar-refractivity contribution in [2.75, 3.05) is 7.11 Å². The number of benzene rings is 2. The normalized spacial score (nSPS) is 10.8. The molecule has 0 saturated heterocycles. The van der Waals surface area contributed by atoms with Crippen LogP contribution in [0.4, 0.5) is 0 Å². The molecule has 0 fully saturated rings. The Bertz CT molecular complexity index is 1080. The number of hydrogen-bond donors (Lipinski definition) is 0. The summed E-state index contributed by atoms with van der Waals surface area (Å²) in [5.41, 5.74) is 2.69. The summed E-state index contributed by atoms with van der Waals surface area (Å²) in [5, 5.41) is 0. The van der Waals surface area contributed by atoms with Gasteiger partial charge < -0.3 is 14.0 Å². The molecule has 0 aliphatic rings. The van der Waals surface area contributed by atoms with Crippen LogP contribution in [0.1, 0.15) is 28.5 Å². The quantitative estimate of drug-likeness (QED) is 0.574. The number of fused-ring (bicyclic) bond motifs is 1. The lowest BCUT2D eigenvalue weighted by molar-refractivity contribution is 0.0470. The van der Waals surface area contributed by atoms with Crippen molar-refractivity contribution in [3.05, 3.63) is 68.0 Å². The second-order valence-electron chi connectivity index (χ2n) is 5.98. The highest BCUT2D eigenvalue weighted by atomic mass is 79.9. The molecule has 3 aromatic rings. The molecule has 0 N–H and O–H groups in total. The van der Waals surface area contributed by atoms with Crippen molar-refractivity contribution in [2.45, 2.75) is 27.0 Å². The molecule has 0 unspecified atom stereocenters. The van der Waals surface area contributed by atoms with Gasteiger partial charge in [0.25, 0.3) is 5.56 Å². The van der Waals surface area contributed by atoms with Crippen LogP contribution < -0.4 is 10.3 Å². The Morgan fingerprint density at radius 3 is 2.70 bits per heavy atom. The molecular weight excluding hydrogens is 412 g/mol. The van der Waals surface area contributed by atoms with Crippen LogP contribution >= 0.6 is 15.9 Å². The zero-order chi connectivity index (χ0) is 19.6. The fourth-order valence-corrected chi connectivity index (χ4v) is 3.31. The number of nitrogens with zero attached hydrogens (tertiary/aromatic N) is 2. The summed E-state index contributed by atoms with van der Waals surface area (Å²) in [6.07, 6.45) is 0. The molecule has 6 nitrogen and oxygen atoms in total. The topological polar surface area (TPSA) is 70.4 Å². The van der Waals surface area contributed by atoms with E-state index in [0.29, 0.717) is 34.6 Å². The van der Waals surface area contributed by atoms with Gasteiger partial charge in [0.05, 0.1) is 23.7 Å². The van der Waals surface area contributed by atoms with Crippen LogP contribution in [0.2, 0.25) is 0 Å². The van der Waals surface area contributed by atoms with Crippen LogP contribution in [-0.2, 0) is 17.9 Å². The number of aryl methyl sites for hydroxylation is 2. The molecule has 1 aromatic heterocycles. The molecule has 3 rings (SSSR count). The average Bonchev–Trinajstić information content (AvgIpc) is 2.67. The molecule has 0 atom stereocenters. The first-order chi connectivity index (χ1) is 12.9. The van der Waals surface area contributed by atoms with E-state index in [-0.39, 0.29) is 12.2 Å². The van der Waals surface area contributed by atoms with E-state index in [1.807, 2.05) is 19.1 Å². The molecule has 7 heteroatoms. The molecular formula is C20H19BrN2O4. The number of ether oxygens (including phenoxy) is 2. The zero-order valence-corrected chi connectivity index (χ0v) is 16.9. The van der Waals surface area contributed by atoms with Gasteiger partial charge >= 0.3 is 5.97 Å². The third-order valence-electron chi connectivity index (χ3n) is 4.26. The van der Waals surface area contributed by atoms with Crippen LogP contribution in [0.15, 0.2) is 45.7 Å². The maximum absolute atomic E-state index is 12.5. The number of aromatic nitrogens is 2. The minimum Gasteiger partial charge on any atom is -0.496 e. The third kappa shape index (κ3) is 3.88. The zero-order valence-electron chi connectivity index (χ0n) is 15.3. The molecule has 27 heavy (non-hydrogen) atoms. The summed E-state index contributed by atoms with van der Waals surface area (Å²) in [4.78, 5) is 29.0. The fraction of sp³-hybridized carbons (Fsp3) is 0.250. The first kappa shape index (κ1) is 19.1. The number of rotatable bonds is 5. The van der Waals surface area contributed by atoms with Crippen molar-refractivity contribution in [2.24, 2.45) is 0 Å². The minimum atomic E-state index is -0.465. The van der Waals surface area contributed by atoms with Gasteiger partial charge in [-0.2, -0.15) is 0 Å². The van der Waals surface area contributed by atoms with Crippen molar-refractivity contribution in [3.63, 3.8) is 0 Å². The first-order valence-corrected chi connectivity index (χ1v) is 9.24. The van der Waals surface area contributed by atoms with Gasteiger partial charge in [0.1, 0.15) is 18.1 Å². The van der Waals surface area contributed by atoms with E-state index in [1.54, 1.807) is 42.9 Å². The van der Waals surface area contributed by atoms with Gasteiger partial charge in [0, 0.05) is 16.6 Å². The number of carbonyl (C=O) groups is 1. The van der Waals surface area contributed by atoms with Crippen molar-refractivity contribution in [1.29, 1.82) is 0 Å². The van der Waals surface area contributed by atoms with Crippen LogP contribution in [0.5, 0.6) is 5.75 Å². The summed E-state index contributed by atoms with van der Waals surface area (Å²) in [6.45, 7) is 4.18. The summed E-state index contributed by atoms with van der Waals surface area (Å²) >= 11 is 3.40. The monoisotopic (exact) mass is 430 g/mol. The van der Waals surface area contributed by atoms with E-state index in [0.717, 1.165) is 10.0 Å². The van der Waals surface area contributed by atoms with E-state index in [1.165, 1.54) is 0 Å². The summed E-state index contributed by atoms with van der Waals surface area (Å²) < 4.78 is 13.2. The Kier molecular flexibility index (Phi) is 5.60. The number of esters is 1. The highest BCUT2D eigenvalue weighted by molar-refractivity contribution is 9.10. The van der Waals surface area contributed by atoms with Gasteiger partial charge in [-0.15, -0.1) is 0 Å². The Balaban J connectivity index is 1.87. The van der Waals surface area contributed by atoms with E-state index in [4.69, 9.17) is 9.47 Å². The highest BCUT2D eigenvalue weighted by Crippen LogP contribution is 2.24. The summed E-state index contributed by atoms with van der Waals surface area (Å²) in [5.74, 6) is 0.182. The maximum atomic E-state index is 12.5. The van der Waals surface area contributed by atoms with Gasteiger partial charge in [-0.25, -0.2) is 9.78 Å². The summed E-state index contributed by atoms with van der Waals surface area (Å²) in [7, 11) is 1.57. The standard InChI is InChI=1S/C20H19BrN2O4/c1-4-23-17-7-5-13(10-16(17)22-12(2)19(23)24)20(25)27-11-14-9-15(21)6-8-18(14)26-3/h5-10H,4,11H2,1-3H3. The molecule has 0 spiro atoms. The maximum Gasteiger partial charge on any atom is 0.338 e. The molecule has 0 amide bonds. The lowest BCUT2D eigenvalue weighted by atomic mass is 10.1. The number of carbonyl (C=O) groups excluding carboxylic acids is 1. The molecule has 140 valence electrons. The molecule has 2 aromatic carbocycles. The Labute approximate surface area is 164 Å². The van der Waals surface area contributed by atoms with Gasteiger partial charge in [0.15, 0.2) is 0 Å². The fourth-order valence-electron chi connectivity index (χ4n) is 2.90. The van der Waals surface area contributed by atoms with Gasteiger partial charge in [0.2, 0.25) is 0 Å². The molecule has 0 aliphatic heterocycles. The lowest BCUT2D eigenvalue weighted by Gasteiger charge is -2.11. The molecule has 1 heterocycles. The Hall–Kier alpha value is -2.67. The Morgan fingerprint density at radius 1 is 1.22 bits per heavy atom. The Morgan fingerprint density at radius 2 is 2.00 bits per heavy atom. The predicted molar refractivity (Wildman–Crippen MR) is 106 cm³/mol. The van der Waals surface area contributed by atoms with Crippen molar-refractivity contribution >= 4 is 32.9 Å². The van der Waals surface area contributed by atoms with E-state index in [9.17, 15) is 9.59 Å². The van der Waals surface area contributed by atoms with E-state index < -0.39 is 5.97 Å². The molecule has 0 saturated carbocycles. The highest BCUT2D eigenvalue weighted by Gasteiger charge is 2.13. The van der Waals surface area contributed by atoms with E-state index in [2.05, 4.69) is 20.9 Å². The van der Waals surface area contributed by atoms with Crippen LogP contribution in [0.25, 0.3) is 11.0 Å². The minimum absolute atomic E-state index is 0.0837. The van der Waals surface area contributed by atoms with Crippen molar-refractivity contribution < 1.29 is 14.3 Å². The lowest BCUT2D eigenvalue weighted by Crippen LogP contribution is -2.23. The van der Waals surface area contributed by atoms with Gasteiger partial charge in [-0.1, -0.05) is 15.9 Å². The van der Waals surface area contributed by atoms with Crippen molar-refractivity contribution in [3.8, 4) is 5.75 Å². The second kappa shape index (κ2) is 7.92. The average molecular weight is 431 g/mol. The number of methoxy groups -OCH3 is 1. The number of halogens is 1. The van der Waals surface area contributed by atoms with Crippen LogP contribution in [-0.4, -0.2) is 22.6 Å². The van der Waals surface area contributed by atoms with Crippen LogP contribution in [0, 0.1) is 6.92 Å². The number of hydrogen-bond acceptors (Lipinski definition) is 5. The van der Waals surface area contributed by atoms with E-state index >= 15 is 0 Å². The SMILES string of the molecule is CCn1c(=O)c(C)nc2cc(C(=O)OCc3cc(Br)ccc3OC)ccc21. The smallest absolute Gasteiger partial charge is 0.338 e. The molecule has 0 aliphatic carbocycles. The second-order valence-corrected chi connectivity index (χ2v) is 6.90.